The Bertz CT molecular complexity index is 464. The van der Waals surface area contributed by atoms with Crippen LogP contribution in [-0.4, -0.2) is 10.2 Å². The van der Waals surface area contributed by atoms with Crippen LogP contribution in [0.2, 0.25) is 0 Å². The average Bonchev–Trinajstić information content (AvgIpc) is 2.57. The first-order valence-electron chi connectivity index (χ1n) is 4.12. The minimum Gasteiger partial charge on any atom is -0.404 e. The molecule has 0 saturated carbocycles. The molecular formula is C9H10N4O. The Morgan fingerprint density at radius 3 is 2.57 bits per heavy atom. The normalized spacial score (nSPS) is 10.4. The molecule has 2 rings (SSSR count). The van der Waals surface area contributed by atoms with Gasteiger partial charge in [0.1, 0.15) is 0 Å². The molecule has 5 heteroatoms. The SMILES string of the molecule is Cc1cc(-c2nnc(N)o2)ccc1N. The Morgan fingerprint density at radius 2 is 2.00 bits per heavy atom. The predicted octanol–water partition coefficient (Wildman–Crippen LogP) is 1.21. The molecule has 0 radical (unpaired) electrons. The molecule has 0 aliphatic carbocycles. The van der Waals surface area contributed by atoms with Crippen molar-refractivity contribution in [1.29, 1.82) is 0 Å². The Balaban J connectivity index is 2.47. The Labute approximate surface area is 80.7 Å². The molecule has 0 bridgehead atoms. The zero-order valence-corrected chi connectivity index (χ0v) is 7.69. The fourth-order valence-electron chi connectivity index (χ4n) is 1.16. The van der Waals surface area contributed by atoms with E-state index >= 15 is 0 Å². The van der Waals surface area contributed by atoms with Crippen LogP contribution in [-0.2, 0) is 0 Å². The Morgan fingerprint density at radius 1 is 1.21 bits per heavy atom. The fourth-order valence-corrected chi connectivity index (χ4v) is 1.16. The summed E-state index contributed by atoms with van der Waals surface area (Å²) in [6.45, 7) is 1.92. The van der Waals surface area contributed by atoms with Crippen molar-refractivity contribution in [3.63, 3.8) is 0 Å². The number of benzene rings is 1. The van der Waals surface area contributed by atoms with Crippen LogP contribution in [0.25, 0.3) is 11.5 Å². The van der Waals surface area contributed by atoms with Crippen molar-refractivity contribution >= 4 is 11.7 Å². The van der Waals surface area contributed by atoms with Gasteiger partial charge in [-0.2, -0.15) is 0 Å². The van der Waals surface area contributed by atoms with Crippen molar-refractivity contribution in [2.75, 3.05) is 11.5 Å². The lowest BCUT2D eigenvalue weighted by Gasteiger charge is -2.00. The molecule has 0 fully saturated rings. The largest absolute Gasteiger partial charge is 0.404 e. The van der Waals surface area contributed by atoms with Crippen LogP contribution < -0.4 is 11.5 Å². The summed E-state index contributed by atoms with van der Waals surface area (Å²) in [6, 6.07) is 5.55. The standard InChI is InChI=1S/C9H10N4O/c1-5-4-6(2-3-7(5)10)8-12-13-9(11)14-8/h2-4H,10H2,1H3,(H2,11,13). The number of hydrogen-bond donors (Lipinski definition) is 2. The highest BCUT2D eigenvalue weighted by Crippen LogP contribution is 2.22. The number of anilines is 2. The first-order chi connectivity index (χ1) is 6.66. The van der Waals surface area contributed by atoms with E-state index in [-0.39, 0.29) is 6.01 Å². The van der Waals surface area contributed by atoms with E-state index in [1.54, 1.807) is 6.07 Å². The van der Waals surface area contributed by atoms with Gasteiger partial charge >= 0.3 is 6.01 Å². The summed E-state index contributed by atoms with van der Waals surface area (Å²) in [4.78, 5) is 0. The zero-order valence-electron chi connectivity index (χ0n) is 7.69. The van der Waals surface area contributed by atoms with E-state index in [0.717, 1.165) is 16.8 Å². The molecule has 0 aliphatic heterocycles. The molecule has 2 aromatic rings. The van der Waals surface area contributed by atoms with Crippen LogP contribution in [0.1, 0.15) is 5.56 Å². The van der Waals surface area contributed by atoms with Crippen LogP contribution in [0.4, 0.5) is 11.7 Å². The molecule has 14 heavy (non-hydrogen) atoms. The van der Waals surface area contributed by atoms with Gasteiger partial charge in [-0.15, -0.1) is 5.10 Å². The highest BCUT2D eigenvalue weighted by Gasteiger charge is 2.06. The third kappa shape index (κ3) is 1.39. The highest BCUT2D eigenvalue weighted by molar-refractivity contribution is 5.60. The molecule has 0 amide bonds. The molecular weight excluding hydrogens is 180 g/mol. The molecule has 1 heterocycles. The highest BCUT2D eigenvalue weighted by atomic mass is 16.4. The Hall–Kier alpha value is -2.04. The summed E-state index contributed by atoms with van der Waals surface area (Å²) < 4.78 is 5.08. The van der Waals surface area contributed by atoms with Gasteiger partial charge in [-0.25, -0.2) is 0 Å². The molecule has 0 saturated heterocycles. The summed E-state index contributed by atoms with van der Waals surface area (Å²) in [6.07, 6.45) is 0. The third-order valence-electron chi connectivity index (χ3n) is 1.96. The minimum absolute atomic E-state index is 0.0643. The number of nitrogens with two attached hydrogens (primary N) is 2. The minimum atomic E-state index is 0.0643. The van der Waals surface area contributed by atoms with Gasteiger partial charge in [0.25, 0.3) is 0 Å². The monoisotopic (exact) mass is 190 g/mol. The van der Waals surface area contributed by atoms with E-state index in [4.69, 9.17) is 15.9 Å². The van der Waals surface area contributed by atoms with E-state index in [0.29, 0.717) is 5.89 Å². The molecule has 1 aromatic heterocycles. The van der Waals surface area contributed by atoms with Gasteiger partial charge < -0.3 is 15.9 Å². The summed E-state index contributed by atoms with van der Waals surface area (Å²) in [5.74, 6) is 0.408. The number of rotatable bonds is 1. The van der Waals surface area contributed by atoms with E-state index in [1.165, 1.54) is 0 Å². The number of hydrogen-bond acceptors (Lipinski definition) is 5. The maximum Gasteiger partial charge on any atom is 0.313 e. The van der Waals surface area contributed by atoms with Crippen molar-refractivity contribution in [2.24, 2.45) is 0 Å². The summed E-state index contributed by atoms with van der Waals surface area (Å²) >= 11 is 0. The van der Waals surface area contributed by atoms with Crippen LogP contribution in [0.5, 0.6) is 0 Å². The predicted molar refractivity (Wildman–Crippen MR) is 53.3 cm³/mol. The molecule has 0 unspecified atom stereocenters. The van der Waals surface area contributed by atoms with E-state index < -0.39 is 0 Å². The van der Waals surface area contributed by atoms with Gasteiger partial charge in [0.15, 0.2) is 0 Å². The molecule has 72 valence electrons. The second-order valence-corrected chi connectivity index (χ2v) is 3.02. The van der Waals surface area contributed by atoms with E-state index in [9.17, 15) is 0 Å². The maximum absolute atomic E-state index is 5.68. The third-order valence-corrected chi connectivity index (χ3v) is 1.96. The molecule has 0 atom stereocenters. The van der Waals surface area contributed by atoms with Crippen LogP contribution in [0.3, 0.4) is 0 Å². The molecule has 0 spiro atoms. The van der Waals surface area contributed by atoms with Crippen molar-refractivity contribution in [1.82, 2.24) is 10.2 Å². The lowest BCUT2D eigenvalue weighted by Crippen LogP contribution is -1.89. The summed E-state index contributed by atoms with van der Waals surface area (Å²) in [7, 11) is 0. The molecule has 5 nitrogen and oxygen atoms in total. The van der Waals surface area contributed by atoms with Gasteiger partial charge in [-0.05, 0) is 30.7 Å². The van der Waals surface area contributed by atoms with Crippen LogP contribution in [0, 0.1) is 6.92 Å². The van der Waals surface area contributed by atoms with Crippen molar-refractivity contribution in [2.45, 2.75) is 6.92 Å². The first-order valence-corrected chi connectivity index (χ1v) is 4.12. The molecule has 1 aromatic carbocycles. The molecule has 4 N–H and O–H groups in total. The van der Waals surface area contributed by atoms with Gasteiger partial charge in [0, 0.05) is 11.3 Å². The second-order valence-electron chi connectivity index (χ2n) is 3.02. The van der Waals surface area contributed by atoms with E-state index in [1.807, 2.05) is 19.1 Å². The van der Waals surface area contributed by atoms with E-state index in [2.05, 4.69) is 10.2 Å². The topological polar surface area (TPSA) is 91.0 Å². The van der Waals surface area contributed by atoms with Gasteiger partial charge in [-0.3, -0.25) is 0 Å². The van der Waals surface area contributed by atoms with Gasteiger partial charge in [-0.1, -0.05) is 5.10 Å². The number of aromatic nitrogens is 2. The second kappa shape index (κ2) is 3.02. The summed E-state index contributed by atoms with van der Waals surface area (Å²) in [5.41, 5.74) is 13.5. The lowest BCUT2D eigenvalue weighted by atomic mass is 10.1. The number of nitrogen functional groups attached to an aromatic ring is 2. The molecule has 0 aliphatic rings. The van der Waals surface area contributed by atoms with Crippen molar-refractivity contribution in [3.8, 4) is 11.5 Å². The number of nitrogens with zero attached hydrogens (tertiary/aromatic N) is 2. The first kappa shape index (κ1) is 8.55. The lowest BCUT2D eigenvalue weighted by molar-refractivity contribution is 0.590. The quantitative estimate of drug-likeness (QED) is 0.659. The van der Waals surface area contributed by atoms with Gasteiger partial charge in [0.05, 0.1) is 0 Å². The summed E-state index contributed by atoms with van der Waals surface area (Å²) in [5, 5.41) is 7.35. The zero-order chi connectivity index (χ0) is 10.1. The van der Waals surface area contributed by atoms with Crippen molar-refractivity contribution < 1.29 is 4.42 Å². The maximum atomic E-state index is 5.68. The average molecular weight is 190 g/mol. The van der Waals surface area contributed by atoms with Crippen LogP contribution >= 0.6 is 0 Å². The fraction of sp³-hybridized carbons (Fsp3) is 0.111. The van der Waals surface area contributed by atoms with Crippen molar-refractivity contribution in [3.05, 3.63) is 23.8 Å². The number of aryl methyl sites for hydroxylation is 1. The van der Waals surface area contributed by atoms with Crippen LogP contribution in [0.15, 0.2) is 22.6 Å². The van der Waals surface area contributed by atoms with Gasteiger partial charge in [0.2, 0.25) is 5.89 Å². The Kier molecular flexibility index (Phi) is 1.85. The smallest absolute Gasteiger partial charge is 0.313 e.